The quantitative estimate of drug-likeness (QED) is 0.00590. The smallest absolute Gasteiger partial charge is 0.319 e. The van der Waals surface area contributed by atoms with E-state index < -0.39 is 20.4 Å². The summed E-state index contributed by atoms with van der Waals surface area (Å²) in [6, 6.07) is 14.9. The maximum atomic E-state index is 12.4. The first kappa shape index (κ1) is 67.1. The first-order chi connectivity index (χ1) is 38.1. The molecule has 11 N–H and O–H groups in total. The largest absolute Gasteiger partial charge is 0.508 e. The summed E-state index contributed by atoms with van der Waals surface area (Å²) in [4.78, 5) is 38.9. The summed E-state index contributed by atoms with van der Waals surface area (Å²) in [7, 11) is 0.219. The monoisotopic (exact) mass is 1110 g/mol. The van der Waals surface area contributed by atoms with Crippen molar-refractivity contribution in [3.63, 3.8) is 0 Å². The molecule has 78 heavy (non-hydrogen) atoms. The van der Waals surface area contributed by atoms with Crippen LogP contribution in [0.3, 0.4) is 0 Å². The van der Waals surface area contributed by atoms with Gasteiger partial charge in [0.2, 0.25) is 5.91 Å². The molecule has 2 aromatic rings. The molecule has 3 aliphatic carbocycles. The number of anilines is 2. The molecule has 0 aliphatic heterocycles. The van der Waals surface area contributed by atoms with Gasteiger partial charge in [-0.25, -0.2) is 4.79 Å². The fourth-order valence-corrected chi connectivity index (χ4v) is 10.5. The van der Waals surface area contributed by atoms with E-state index in [4.69, 9.17) is 35.2 Å². The fourth-order valence-electron chi connectivity index (χ4n) is 8.59. The summed E-state index contributed by atoms with van der Waals surface area (Å²) in [5.74, 6) is 11.9. The molecule has 4 unspecified atom stereocenters. The van der Waals surface area contributed by atoms with Crippen LogP contribution in [0.1, 0.15) is 128 Å². The maximum Gasteiger partial charge on any atom is 0.319 e. The lowest BCUT2D eigenvalue weighted by Gasteiger charge is -2.37. The minimum absolute atomic E-state index is 0.0401. The van der Waals surface area contributed by atoms with Crippen molar-refractivity contribution < 1.29 is 53.9 Å². The Morgan fingerprint density at radius 1 is 0.782 bits per heavy atom. The van der Waals surface area contributed by atoms with E-state index in [0.29, 0.717) is 120 Å². The van der Waals surface area contributed by atoms with Gasteiger partial charge in [-0.2, -0.15) is 10.4 Å². The average molecular weight is 1110 g/mol. The van der Waals surface area contributed by atoms with E-state index in [-0.39, 0.29) is 17.7 Å². The molecule has 3 fully saturated rings. The predicted molar refractivity (Wildman–Crippen MR) is 310 cm³/mol. The van der Waals surface area contributed by atoms with E-state index in [9.17, 15) is 29.8 Å². The Kier molecular flexibility index (Phi) is 36.8. The molecule has 0 aromatic heterocycles. The SMILES string of the molecule is CCC(O)C(O)CC(CCP(O)C1CCC1)C1CCC1.CO.N#CC#Cc1ccc(NC(=O)CCCNC(CCOCCOCCOCCOCCN=C/C(CCCCNC(=O)Nc2ccc(O)cc2)=N\N)=C2CCC2)cc1. The number of unbranched alkanes of at least 4 members (excludes halogenated alkanes) is 1. The molecule has 2 aromatic carbocycles. The molecule has 4 atom stereocenters. The minimum Gasteiger partial charge on any atom is -0.508 e. The molecular weight excluding hydrogens is 1020 g/mol. The van der Waals surface area contributed by atoms with E-state index in [0.717, 1.165) is 76.2 Å². The zero-order valence-electron chi connectivity index (χ0n) is 46.3. The summed E-state index contributed by atoms with van der Waals surface area (Å²) < 4.78 is 22.5. The number of nitriles is 1. The van der Waals surface area contributed by atoms with Crippen molar-refractivity contribution in [2.45, 2.75) is 140 Å². The van der Waals surface area contributed by atoms with Gasteiger partial charge in [-0.05, 0) is 144 Å². The third-order valence-electron chi connectivity index (χ3n) is 13.8. The number of allylic oxidation sites excluding steroid dienone is 1. The number of aliphatic hydroxyl groups excluding tert-OH is 3. The van der Waals surface area contributed by atoms with Crippen LogP contribution in [0.4, 0.5) is 16.2 Å². The van der Waals surface area contributed by atoms with Crippen LogP contribution >= 0.6 is 8.15 Å². The molecule has 19 nitrogen and oxygen atoms in total. The number of nitrogens with one attached hydrogen (secondary N) is 4. The molecule has 0 bridgehead atoms. The number of phenols is 1. The van der Waals surface area contributed by atoms with Gasteiger partial charge in [0.15, 0.2) is 6.07 Å². The van der Waals surface area contributed by atoms with Crippen molar-refractivity contribution in [1.82, 2.24) is 10.6 Å². The van der Waals surface area contributed by atoms with Gasteiger partial charge in [0.1, 0.15) is 5.75 Å². The highest BCUT2D eigenvalue weighted by molar-refractivity contribution is 7.52. The summed E-state index contributed by atoms with van der Waals surface area (Å²) in [6.45, 7) is 7.54. The molecule has 3 aliphatic rings. The van der Waals surface area contributed by atoms with Gasteiger partial charge in [-0.3, -0.25) is 9.79 Å². The number of hydrazone groups is 1. The van der Waals surface area contributed by atoms with E-state index >= 15 is 0 Å². The molecule has 0 spiro atoms. The normalized spacial score (nSPS) is 15.7. The summed E-state index contributed by atoms with van der Waals surface area (Å²) in [6.07, 6.45) is 18.9. The number of nitrogens with two attached hydrogens (primary N) is 1. The first-order valence-corrected chi connectivity index (χ1v) is 29.6. The third-order valence-corrected chi connectivity index (χ3v) is 15.9. The second kappa shape index (κ2) is 42.7. The van der Waals surface area contributed by atoms with Crippen molar-refractivity contribution in [2.24, 2.45) is 27.8 Å². The standard InChI is InChI=1S/C41H56N8O7.C16H31O3P.CH4O/c42-20-4-6-33-11-13-35(14-12-33)47-40(51)10-5-22-45-39(34-7-3-8-34)19-24-53-26-28-55-30-31-56-29-27-54-25-23-44-32-37(49-43)9-1-2-21-46-41(52)48-36-15-17-38(50)18-16-36;1-2-15(17)16(18)11-13(12-5-3-6-12)9-10-20(19)14-7-4-8-14;1-2/h11-18,32,45,50H,1-3,5,7-10,19,21-31,43H2,(H,47,51)(H2,46,48,52);12-19H,2-11H2,1H3;2H,1H3/b44-32?,49-37-;;. The first-order valence-electron chi connectivity index (χ1n) is 28.0. The highest BCUT2D eigenvalue weighted by atomic mass is 31.1. The average Bonchev–Trinajstić information content (AvgIpc) is 3.40. The number of ether oxygens (including phenoxy) is 4. The second-order valence-corrected chi connectivity index (χ2v) is 21.5. The molecule has 20 heteroatoms. The minimum atomic E-state index is -0.781. The Morgan fingerprint density at radius 2 is 1.40 bits per heavy atom. The third kappa shape index (κ3) is 29.7. The molecular formula is C58H91N8O11P. The van der Waals surface area contributed by atoms with Crippen LogP contribution in [0, 0.1) is 35.0 Å². The zero-order valence-corrected chi connectivity index (χ0v) is 47.2. The Bertz CT molecular complexity index is 2140. The number of benzene rings is 2. The number of carbonyl (C=O) groups excluding carboxylic acids is 2. The summed E-state index contributed by atoms with van der Waals surface area (Å²) in [5, 5.41) is 60.4. The van der Waals surface area contributed by atoms with Crippen molar-refractivity contribution in [3.8, 4) is 23.7 Å². The Morgan fingerprint density at radius 3 is 1.97 bits per heavy atom. The van der Waals surface area contributed by atoms with Crippen molar-refractivity contribution in [3.05, 3.63) is 65.4 Å². The highest BCUT2D eigenvalue weighted by Crippen LogP contribution is 2.49. The van der Waals surface area contributed by atoms with Crippen LogP contribution in [0.15, 0.2) is 69.9 Å². The van der Waals surface area contributed by atoms with Gasteiger partial charge >= 0.3 is 6.03 Å². The van der Waals surface area contributed by atoms with Gasteiger partial charge < -0.3 is 71.4 Å². The molecule has 3 saturated carbocycles. The lowest BCUT2D eigenvalue weighted by Crippen LogP contribution is -2.32. The van der Waals surface area contributed by atoms with Crippen LogP contribution in [0.5, 0.6) is 5.75 Å². The summed E-state index contributed by atoms with van der Waals surface area (Å²) in [5.41, 5.74) is 5.99. The van der Waals surface area contributed by atoms with Crippen molar-refractivity contribution in [2.75, 3.05) is 96.4 Å². The number of carbonyl (C=O) groups is 2. The van der Waals surface area contributed by atoms with Crippen LogP contribution in [-0.2, 0) is 23.7 Å². The van der Waals surface area contributed by atoms with Gasteiger partial charge in [0, 0.05) is 81.6 Å². The van der Waals surface area contributed by atoms with Gasteiger partial charge in [-0.1, -0.05) is 44.1 Å². The Balaban J connectivity index is 0.000000602. The van der Waals surface area contributed by atoms with Gasteiger partial charge in [0.05, 0.1) is 77.3 Å². The number of urea groups is 1. The van der Waals surface area contributed by atoms with Crippen LogP contribution in [-0.4, -0.2) is 153 Å². The molecule has 5 rings (SSSR count). The topological polar surface area (TPSA) is 295 Å². The number of rotatable bonds is 37. The second-order valence-electron chi connectivity index (χ2n) is 19.5. The van der Waals surface area contributed by atoms with Crippen molar-refractivity contribution >= 4 is 43.4 Å². The van der Waals surface area contributed by atoms with E-state index in [1.807, 2.05) is 6.92 Å². The number of aromatic hydroxyl groups is 1. The maximum absolute atomic E-state index is 12.4. The molecule has 0 heterocycles. The number of aliphatic hydroxyl groups is 3. The number of phenolic OH excluding ortho intramolecular Hbond substituents is 1. The molecule has 434 valence electrons. The van der Waals surface area contributed by atoms with Crippen molar-refractivity contribution in [1.29, 1.82) is 5.26 Å². The fraction of sp³-hybridized carbons (Fsp3) is 0.638. The number of nitrogens with zero attached hydrogens (tertiary/aromatic N) is 3. The zero-order chi connectivity index (χ0) is 56.4. The number of aliphatic imine (C=N–C) groups is 1. The number of amides is 3. The molecule has 3 amide bonds. The molecule has 0 saturated heterocycles. The predicted octanol–water partition coefficient (Wildman–Crippen LogP) is 7.71. The Hall–Kier alpha value is -5.18. The van der Waals surface area contributed by atoms with E-state index in [1.54, 1.807) is 48.7 Å². The Labute approximate surface area is 465 Å². The summed E-state index contributed by atoms with van der Waals surface area (Å²) >= 11 is 0. The highest BCUT2D eigenvalue weighted by Gasteiger charge is 2.32. The van der Waals surface area contributed by atoms with Crippen LogP contribution in [0.2, 0.25) is 0 Å². The van der Waals surface area contributed by atoms with E-state index in [1.165, 1.54) is 68.3 Å². The van der Waals surface area contributed by atoms with E-state index in [2.05, 4.69) is 43.2 Å². The van der Waals surface area contributed by atoms with Crippen LogP contribution < -0.4 is 27.1 Å². The molecule has 0 radical (unpaired) electrons. The number of hydrogen-bond donors (Lipinski definition) is 10. The lowest BCUT2D eigenvalue weighted by atomic mass is 9.72. The number of hydrogen-bond acceptors (Lipinski definition) is 16. The van der Waals surface area contributed by atoms with Gasteiger partial charge in [0.25, 0.3) is 0 Å². The van der Waals surface area contributed by atoms with Gasteiger partial charge in [-0.15, -0.1) is 0 Å². The lowest BCUT2D eigenvalue weighted by molar-refractivity contribution is -0.116. The van der Waals surface area contributed by atoms with Crippen LogP contribution in [0.25, 0.3) is 0 Å².